The molecule has 0 unspecified atom stereocenters. The van der Waals surface area contributed by atoms with Crippen LogP contribution in [0.3, 0.4) is 0 Å². The predicted octanol–water partition coefficient (Wildman–Crippen LogP) is 5.85. The molecule has 0 spiro atoms. The lowest BCUT2D eigenvalue weighted by molar-refractivity contribution is -0.137. The summed E-state index contributed by atoms with van der Waals surface area (Å²) >= 11 is 17.8. The second-order valence-corrected chi connectivity index (χ2v) is 10.5. The molecular weight excluding hydrogens is 512 g/mol. The highest BCUT2D eigenvalue weighted by atomic mass is 35.5. The first-order valence-corrected chi connectivity index (χ1v) is 12.2. The molecule has 1 fully saturated rings. The molecule has 1 amide bonds. The van der Waals surface area contributed by atoms with Crippen LogP contribution in [-0.4, -0.2) is 31.7 Å². The maximum Gasteiger partial charge on any atom is 0.417 e. The molecule has 0 saturated carbocycles. The smallest absolute Gasteiger partial charge is 0.326 e. The van der Waals surface area contributed by atoms with Gasteiger partial charge in [-0.15, -0.1) is 0 Å². The van der Waals surface area contributed by atoms with Crippen LogP contribution in [-0.2, 0) is 26.7 Å². The number of piperidine rings is 1. The van der Waals surface area contributed by atoms with Crippen LogP contribution in [0.2, 0.25) is 15.1 Å². The third-order valence-electron chi connectivity index (χ3n) is 5.08. The second-order valence-electron chi connectivity index (χ2n) is 7.34. The SMILES string of the molecule is O=C(Nc1ccc(Cl)c(C(F)(F)F)c1)[C@H]1CCCN(S(=O)(=O)Cc2c(Cl)cccc2Cl)C1. The number of anilines is 1. The van der Waals surface area contributed by atoms with E-state index in [0.717, 1.165) is 12.1 Å². The van der Waals surface area contributed by atoms with Gasteiger partial charge in [0.1, 0.15) is 0 Å². The molecule has 0 bridgehead atoms. The fourth-order valence-corrected chi connectivity index (χ4v) is 6.00. The minimum atomic E-state index is -4.67. The molecule has 2 aromatic carbocycles. The minimum absolute atomic E-state index is 0.0745. The van der Waals surface area contributed by atoms with E-state index in [1.165, 1.54) is 22.5 Å². The Hall–Kier alpha value is -1.52. The molecule has 0 aliphatic carbocycles. The molecule has 2 aromatic rings. The molecule has 1 N–H and O–H groups in total. The lowest BCUT2D eigenvalue weighted by Gasteiger charge is -2.31. The number of hydrogen-bond donors (Lipinski definition) is 1. The average molecular weight is 530 g/mol. The van der Waals surface area contributed by atoms with Gasteiger partial charge in [-0.2, -0.15) is 13.2 Å². The fraction of sp³-hybridized carbons (Fsp3) is 0.350. The Morgan fingerprint density at radius 1 is 1.09 bits per heavy atom. The van der Waals surface area contributed by atoms with Gasteiger partial charge in [0.05, 0.1) is 22.3 Å². The van der Waals surface area contributed by atoms with E-state index in [4.69, 9.17) is 34.8 Å². The zero-order valence-electron chi connectivity index (χ0n) is 16.4. The fourth-order valence-electron chi connectivity index (χ4n) is 3.42. The van der Waals surface area contributed by atoms with Crippen molar-refractivity contribution in [2.75, 3.05) is 18.4 Å². The number of sulfonamides is 1. The number of carbonyl (C=O) groups is 1. The summed E-state index contributed by atoms with van der Waals surface area (Å²) in [4.78, 5) is 12.7. The van der Waals surface area contributed by atoms with E-state index in [9.17, 15) is 26.4 Å². The summed E-state index contributed by atoms with van der Waals surface area (Å²) < 4.78 is 66.2. The number of nitrogens with zero attached hydrogens (tertiary/aromatic N) is 1. The summed E-state index contributed by atoms with van der Waals surface area (Å²) in [5.74, 6) is -1.73. The molecule has 1 aliphatic heterocycles. The first-order chi connectivity index (χ1) is 14.9. The van der Waals surface area contributed by atoms with E-state index in [0.29, 0.717) is 12.8 Å². The lowest BCUT2D eigenvalue weighted by atomic mass is 9.98. The molecule has 0 radical (unpaired) electrons. The van der Waals surface area contributed by atoms with E-state index in [1.54, 1.807) is 6.07 Å². The summed E-state index contributed by atoms with van der Waals surface area (Å²) in [5, 5.41) is 2.38. The normalized spacial score (nSPS) is 17.9. The molecule has 32 heavy (non-hydrogen) atoms. The Kier molecular flexibility index (Phi) is 7.66. The molecule has 1 atom stereocenters. The van der Waals surface area contributed by atoms with Crippen molar-refractivity contribution < 1.29 is 26.4 Å². The maximum absolute atomic E-state index is 13.0. The van der Waals surface area contributed by atoms with Crippen LogP contribution in [0.25, 0.3) is 0 Å². The van der Waals surface area contributed by atoms with Crippen molar-refractivity contribution in [2.45, 2.75) is 24.8 Å². The van der Waals surface area contributed by atoms with Crippen LogP contribution in [0.4, 0.5) is 18.9 Å². The third-order valence-corrected chi connectivity index (χ3v) is 7.89. The number of halogens is 6. The third kappa shape index (κ3) is 5.88. The van der Waals surface area contributed by atoms with Crippen molar-refractivity contribution in [3.63, 3.8) is 0 Å². The first kappa shape index (κ1) is 25.1. The van der Waals surface area contributed by atoms with Gasteiger partial charge in [0.15, 0.2) is 0 Å². The molecule has 5 nitrogen and oxygen atoms in total. The molecule has 1 heterocycles. The Labute approximate surface area is 198 Å². The molecular formula is C20H18Cl3F3N2O3S. The Morgan fingerprint density at radius 3 is 2.38 bits per heavy atom. The highest BCUT2D eigenvalue weighted by Gasteiger charge is 2.35. The Bertz CT molecular complexity index is 1110. The van der Waals surface area contributed by atoms with Gasteiger partial charge in [-0.05, 0) is 43.2 Å². The monoisotopic (exact) mass is 528 g/mol. The zero-order chi connectivity index (χ0) is 23.7. The van der Waals surface area contributed by atoms with Crippen LogP contribution in [0.5, 0.6) is 0 Å². The number of hydrogen-bond acceptors (Lipinski definition) is 3. The van der Waals surface area contributed by atoms with Crippen molar-refractivity contribution in [1.82, 2.24) is 4.31 Å². The van der Waals surface area contributed by atoms with Gasteiger partial charge >= 0.3 is 6.18 Å². The molecule has 1 aliphatic rings. The van der Waals surface area contributed by atoms with Crippen LogP contribution < -0.4 is 5.32 Å². The summed E-state index contributed by atoms with van der Waals surface area (Å²) in [7, 11) is -3.83. The van der Waals surface area contributed by atoms with E-state index in [1.807, 2.05) is 0 Å². The number of alkyl halides is 3. The zero-order valence-corrected chi connectivity index (χ0v) is 19.5. The second kappa shape index (κ2) is 9.77. The van der Waals surface area contributed by atoms with Gasteiger partial charge in [-0.25, -0.2) is 12.7 Å². The topological polar surface area (TPSA) is 66.5 Å². The molecule has 12 heteroatoms. The summed E-state index contributed by atoms with van der Waals surface area (Å²) in [6.07, 6.45) is -3.86. The van der Waals surface area contributed by atoms with Gasteiger partial charge in [-0.1, -0.05) is 40.9 Å². The van der Waals surface area contributed by atoms with Crippen molar-refractivity contribution in [1.29, 1.82) is 0 Å². The summed E-state index contributed by atoms with van der Waals surface area (Å²) in [6.45, 7) is 0.114. The molecule has 0 aromatic heterocycles. The highest BCUT2D eigenvalue weighted by molar-refractivity contribution is 7.88. The maximum atomic E-state index is 13.0. The number of benzene rings is 2. The van der Waals surface area contributed by atoms with E-state index < -0.39 is 44.4 Å². The van der Waals surface area contributed by atoms with Gasteiger partial charge < -0.3 is 5.32 Å². The van der Waals surface area contributed by atoms with Gasteiger partial charge in [0.25, 0.3) is 0 Å². The molecule has 3 rings (SSSR count). The predicted molar refractivity (Wildman–Crippen MR) is 118 cm³/mol. The minimum Gasteiger partial charge on any atom is -0.326 e. The number of rotatable bonds is 5. The lowest BCUT2D eigenvalue weighted by Crippen LogP contribution is -2.44. The first-order valence-electron chi connectivity index (χ1n) is 9.47. The Balaban J connectivity index is 1.72. The molecule has 1 saturated heterocycles. The van der Waals surface area contributed by atoms with Gasteiger partial charge in [0, 0.05) is 34.4 Å². The highest BCUT2D eigenvalue weighted by Crippen LogP contribution is 2.36. The van der Waals surface area contributed by atoms with Crippen molar-refractivity contribution in [3.8, 4) is 0 Å². The van der Waals surface area contributed by atoms with Crippen molar-refractivity contribution in [2.24, 2.45) is 5.92 Å². The van der Waals surface area contributed by atoms with E-state index in [-0.39, 0.29) is 34.4 Å². The quantitative estimate of drug-likeness (QED) is 0.529. The Morgan fingerprint density at radius 2 is 1.75 bits per heavy atom. The van der Waals surface area contributed by atoms with Crippen LogP contribution in [0.15, 0.2) is 36.4 Å². The number of carbonyl (C=O) groups excluding carboxylic acids is 1. The van der Waals surface area contributed by atoms with Crippen molar-refractivity contribution >= 4 is 56.4 Å². The van der Waals surface area contributed by atoms with Crippen LogP contribution in [0, 0.1) is 5.92 Å². The van der Waals surface area contributed by atoms with Gasteiger partial charge in [0.2, 0.25) is 15.9 Å². The standard InChI is InChI=1S/C20H18Cl3F3N2O3S/c21-16-4-1-5-17(22)14(16)11-32(30,31)28-8-2-3-12(10-28)19(29)27-13-6-7-18(23)15(9-13)20(24,25)26/h1,4-7,9,12H,2-3,8,10-11H2,(H,27,29)/t12-/m0/s1. The van der Waals surface area contributed by atoms with E-state index >= 15 is 0 Å². The number of nitrogens with one attached hydrogen (secondary N) is 1. The van der Waals surface area contributed by atoms with Gasteiger partial charge in [-0.3, -0.25) is 4.79 Å². The molecule has 174 valence electrons. The summed E-state index contributed by atoms with van der Waals surface area (Å²) in [6, 6.07) is 7.72. The number of amides is 1. The van der Waals surface area contributed by atoms with Crippen molar-refractivity contribution in [3.05, 3.63) is 62.6 Å². The summed E-state index contributed by atoms with van der Waals surface area (Å²) in [5.41, 5.74) is -0.876. The van der Waals surface area contributed by atoms with Crippen LogP contribution in [0.1, 0.15) is 24.0 Å². The largest absolute Gasteiger partial charge is 0.417 e. The van der Waals surface area contributed by atoms with E-state index in [2.05, 4.69) is 5.32 Å². The van der Waals surface area contributed by atoms with Crippen LogP contribution >= 0.6 is 34.8 Å². The average Bonchev–Trinajstić information content (AvgIpc) is 2.71.